The summed E-state index contributed by atoms with van der Waals surface area (Å²) in [6.45, 7) is 4.59. The van der Waals surface area contributed by atoms with Gasteiger partial charge in [-0.2, -0.15) is 5.10 Å². The fourth-order valence-electron chi connectivity index (χ4n) is 4.54. The van der Waals surface area contributed by atoms with Crippen molar-refractivity contribution in [3.63, 3.8) is 0 Å². The van der Waals surface area contributed by atoms with Gasteiger partial charge in [-0.15, -0.1) is 0 Å². The zero-order chi connectivity index (χ0) is 23.6. The predicted molar refractivity (Wildman–Crippen MR) is 125 cm³/mol. The molecule has 7 heteroatoms. The minimum Gasteiger partial charge on any atom is -0.353 e. The first-order valence-electron chi connectivity index (χ1n) is 11.2. The number of nitrogens with one attached hydrogen (secondary N) is 1. The van der Waals surface area contributed by atoms with E-state index in [1.54, 1.807) is 47.1 Å². The largest absolute Gasteiger partial charge is 0.353 e. The fourth-order valence-corrected chi connectivity index (χ4v) is 4.54. The van der Waals surface area contributed by atoms with E-state index in [1.165, 1.54) is 6.07 Å². The van der Waals surface area contributed by atoms with E-state index in [2.05, 4.69) is 10.4 Å². The van der Waals surface area contributed by atoms with Crippen LogP contribution < -0.4 is 5.32 Å². The number of carbonyl (C=O) groups is 2. The number of aryl methyl sites for hydroxylation is 1. The van der Waals surface area contributed by atoms with Gasteiger partial charge in [0.05, 0.1) is 5.41 Å². The molecule has 1 atom stereocenters. The van der Waals surface area contributed by atoms with E-state index in [1.807, 2.05) is 38.1 Å². The molecule has 6 nitrogen and oxygen atoms in total. The van der Waals surface area contributed by atoms with Gasteiger partial charge in [-0.05, 0) is 49.9 Å². The van der Waals surface area contributed by atoms with Crippen LogP contribution in [0, 0.1) is 11.2 Å². The summed E-state index contributed by atoms with van der Waals surface area (Å²) in [5.41, 5.74) is 1.71. The van der Waals surface area contributed by atoms with Crippen LogP contribution in [0.5, 0.6) is 0 Å². The molecule has 33 heavy (non-hydrogen) atoms. The van der Waals surface area contributed by atoms with Crippen LogP contribution in [0.2, 0.25) is 0 Å². The van der Waals surface area contributed by atoms with E-state index in [-0.39, 0.29) is 30.2 Å². The number of likely N-dealkylation sites (tertiary alicyclic amines) is 1. The second-order valence-electron chi connectivity index (χ2n) is 9.07. The monoisotopic (exact) mass is 448 g/mol. The maximum atomic E-state index is 14.6. The van der Waals surface area contributed by atoms with Crippen molar-refractivity contribution in [3.05, 3.63) is 77.9 Å². The van der Waals surface area contributed by atoms with Crippen molar-refractivity contribution in [2.75, 3.05) is 13.1 Å². The molecular weight excluding hydrogens is 419 g/mol. The lowest BCUT2D eigenvalue weighted by Gasteiger charge is -2.30. The number of nitrogens with zero attached hydrogens (tertiary/aromatic N) is 3. The Morgan fingerprint density at radius 2 is 1.79 bits per heavy atom. The Morgan fingerprint density at radius 3 is 2.45 bits per heavy atom. The molecule has 1 aliphatic rings. The Morgan fingerprint density at radius 1 is 1.09 bits per heavy atom. The molecule has 172 valence electrons. The molecular formula is C26H29FN4O2. The molecule has 1 N–H and O–H groups in total. The van der Waals surface area contributed by atoms with Gasteiger partial charge < -0.3 is 10.2 Å². The first-order chi connectivity index (χ1) is 15.8. The quantitative estimate of drug-likeness (QED) is 0.623. The van der Waals surface area contributed by atoms with Gasteiger partial charge in [-0.3, -0.25) is 14.3 Å². The highest BCUT2D eigenvalue weighted by atomic mass is 19.1. The smallest absolute Gasteiger partial charge is 0.274 e. The third kappa shape index (κ3) is 4.67. The van der Waals surface area contributed by atoms with Gasteiger partial charge in [0.2, 0.25) is 5.91 Å². The van der Waals surface area contributed by atoms with Crippen LogP contribution in [0.3, 0.4) is 0 Å². The van der Waals surface area contributed by atoms with E-state index in [0.717, 1.165) is 11.1 Å². The molecule has 4 rings (SSSR count). The lowest BCUT2D eigenvalue weighted by Crippen LogP contribution is -2.47. The van der Waals surface area contributed by atoms with Crippen molar-refractivity contribution in [1.29, 1.82) is 0 Å². The number of hydrogen-bond donors (Lipinski definition) is 1. The second-order valence-corrected chi connectivity index (χ2v) is 9.07. The van der Waals surface area contributed by atoms with Crippen molar-refractivity contribution in [2.45, 2.75) is 32.7 Å². The molecule has 1 unspecified atom stereocenters. The third-order valence-electron chi connectivity index (χ3n) is 6.19. The third-order valence-corrected chi connectivity index (χ3v) is 6.19. The molecule has 1 fully saturated rings. The zero-order valence-electron chi connectivity index (χ0n) is 19.2. The number of carbonyl (C=O) groups excluding carboxylic acids is 2. The summed E-state index contributed by atoms with van der Waals surface area (Å²) in [6.07, 6.45) is 2.66. The molecule has 1 aliphatic heterocycles. The maximum absolute atomic E-state index is 14.6. The minimum absolute atomic E-state index is 0.0308. The Labute approximate surface area is 193 Å². The summed E-state index contributed by atoms with van der Waals surface area (Å²) >= 11 is 0. The fraction of sp³-hybridized carbons (Fsp3) is 0.346. The van der Waals surface area contributed by atoms with E-state index in [9.17, 15) is 14.0 Å². The first-order valence-corrected chi connectivity index (χ1v) is 11.2. The summed E-state index contributed by atoms with van der Waals surface area (Å²) in [4.78, 5) is 28.2. The van der Waals surface area contributed by atoms with Crippen LogP contribution in [-0.2, 0) is 18.3 Å². The predicted octanol–water partition coefficient (Wildman–Crippen LogP) is 3.83. The number of hydrogen-bond acceptors (Lipinski definition) is 3. The summed E-state index contributed by atoms with van der Waals surface area (Å²) in [7, 11) is 1.76. The van der Waals surface area contributed by atoms with Crippen LogP contribution in [0.1, 0.15) is 36.3 Å². The maximum Gasteiger partial charge on any atom is 0.274 e. The highest BCUT2D eigenvalue weighted by Gasteiger charge is 2.46. The molecule has 0 saturated carbocycles. The molecule has 2 heterocycles. The van der Waals surface area contributed by atoms with Crippen LogP contribution in [0.25, 0.3) is 11.1 Å². The minimum atomic E-state index is -0.809. The summed E-state index contributed by atoms with van der Waals surface area (Å²) in [5.74, 6) is -0.571. The molecule has 0 bridgehead atoms. The second kappa shape index (κ2) is 9.17. The van der Waals surface area contributed by atoms with Crippen molar-refractivity contribution in [3.8, 4) is 11.1 Å². The SMILES string of the molecule is CC(C)NC(=O)C1(Cc2ccccc2-c2ccccc2F)CCN(C(=O)c2ccn(C)n2)C1. The molecule has 1 saturated heterocycles. The number of amides is 2. The van der Waals surface area contributed by atoms with Crippen molar-refractivity contribution < 1.29 is 14.0 Å². The van der Waals surface area contributed by atoms with E-state index in [4.69, 9.17) is 0 Å². The average molecular weight is 449 g/mol. The molecule has 0 radical (unpaired) electrons. The molecule has 0 aliphatic carbocycles. The van der Waals surface area contributed by atoms with Crippen LogP contribution >= 0.6 is 0 Å². The zero-order valence-corrected chi connectivity index (χ0v) is 19.2. The highest BCUT2D eigenvalue weighted by molar-refractivity contribution is 5.94. The Kier molecular flexibility index (Phi) is 6.31. The van der Waals surface area contributed by atoms with Gasteiger partial charge in [-0.1, -0.05) is 42.5 Å². The highest BCUT2D eigenvalue weighted by Crippen LogP contribution is 2.38. The summed E-state index contributed by atoms with van der Waals surface area (Å²) in [5, 5.41) is 7.28. The van der Waals surface area contributed by atoms with E-state index in [0.29, 0.717) is 30.6 Å². The Bertz CT molecular complexity index is 1170. The molecule has 2 aromatic carbocycles. The van der Waals surface area contributed by atoms with E-state index < -0.39 is 5.41 Å². The number of halogens is 1. The average Bonchev–Trinajstić information content (AvgIpc) is 3.41. The molecule has 1 aromatic heterocycles. The number of benzene rings is 2. The van der Waals surface area contributed by atoms with Crippen molar-refractivity contribution in [1.82, 2.24) is 20.0 Å². The topological polar surface area (TPSA) is 67.2 Å². The molecule has 3 aromatic rings. The van der Waals surface area contributed by atoms with Crippen molar-refractivity contribution >= 4 is 11.8 Å². The standard InChI is InChI=1S/C26H29FN4O2/c1-18(2)28-25(33)26(13-15-31(17-26)24(32)23-12-14-30(3)29-23)16-19-8-4-5-9-20(19)21-10-6-7-11-22(21)27/h4-12,14,18H,13,15-17H2,1-3H3,(H,28,33). The van der Waals surface area contributed by atoms with Crippen LogP contribution in [0.4, 0.5) is 4.39 Å². The van der Waals surface area contributed by atoms with Gasteiger partial charge in [0.25, 0.3) is 5.91 Å². The van der Waals surface area contributed by atoms with E-state index >= 15 is 0 Å². The lowest BCUT2D eigenvalue weighted by atomic mass is 9.78. The number of rotatable bonds is 6. The van der Waals surface area contributed by atoms with Crippen LogP contribution in [-0.4, -0.2) is 45.6 Å². The van der Waals surface area contributed by atoms with Gasteiger partial charge in [0.1, 0.15) is 11.5 Å². The van der Waals surface area contributed by atoms with Gasteiger partial charge in [-0.25, -0.2) is 4.39 Å². The van der Waals surface area contributed by atoms with Gasteiger partial charge in [0.15, 0.2) is 0 Å². The Balaban J connectivity index is 1.68. The molecule has 0 spiro atoms. The summed E-state index contributed by atoms with van der Waals surface area (Å²) < 4.78 is 16.2. The van der Waals surface area contributed by atoms with Gasteiger partial charge in [0, 0.05) is 37.9 Å². The number of aromatic nitrogens is 2. The Hall–Kier alpha value is -3.48. The van der Waals surface area contributed by atoms with Crippen LogP contribution in [0.15, 0.2) is 60.8 Å². The van der Waals surface area contributed by atoms with Crippen molar-refractivity contribution in [2.24, 2.45) is 12.5 Å². The normalized spacial score (nSPS) is 18.0. The first kappa shape index (κ1) is 22.7. The summed E-state index contributed by atoms with van der Waals surface area (Å²) in [6, 6.07) is 15.9. The van der Waals surface area contributed by atoms with Gasteiger partial charge >= 0.3 is 0 Å². The molecule has 2 amide bonds. The lowest BCUT2D eigenvalue weighted by molar-refractivity contribution is -0.130.